The Morgan fingerprint density at radius 1 is 1.25 bits per heavy atom. The lowest BCUT2D eigenvalue weighted by Gasteiger charge is -2.24. The number of nitrogens with zero attached hydrogens (tertiary/aromatic N) is 1. The zero-order valence-corrected chi connectivity index (χ0v) is 10.3. The highest BCUT2D eigenvalue weighted by molar-refractivity contribution is 5.89. The average molecular weight is 221 g/mol. The van der Waals surface area contributed by atoms with E-state index >= 15 is 0 Å². The number of hydrogen-bond acceptors (Lipinski definition) is 3. The van der Waals surface area contributed by atoms with Crippen molar-refractivity contribution in [2.75, 3.05) is 0 Å². The molecule has 0 amide bonds. The third kappa shape index (κ3) is 3.33. The van der Waals surface area contributed by atoms with Crippen LogP contribution < -0.4 is 0 Å². The van der Waals surface area contributed by atoms with Crippen LogP contribution in [0.15, 0.2) is 24.5 Å². The Hall–Kier alpha value is -1.38. The molecule has 0 aliphatic carbocycles. The normalized spacial score (nSPS) is 11.2. The van der Waals surface area contributed by atoms with Crippen molar-refractivity contribution in [3.05, 3.63) is 30.1 Å². The molecule has 0 aromatic carbocycles. The molecule has 1 heterocycles. The molecule has 0 radical (unpaired) electrons. The quantitative estimate of drug-likeness (QED) is 0.734. The summed E-state index contributed by atoms with van der Waals surface area (Å²) in [5, 5.41) is 0. The Balaban J connectivity index is 2.70. The molecule has 0 N–H and O–H groups in total. The first-order chi connectivity index (χ1) is 7.52. The van der Waals surface area contributed by atoms with E-state index in [9.17, 15) is 4.79 Å². The molecule has 0 aliphatic heterocycles. The molecule has 88 valence electrons. The minimum Gasteiger partial charge on any atom is -0.458 e. The van der Waals surface area contributed by atoms with Gasteiger partial charge in [0.1, 0.15) is 6.10 Å². The largest absolute Gasteiger partial charge is 0.458 e. The number of ether oxygens (including phenoxy) is 1. The molecule has 0 spiro atoms. The highest BCUT2D eigenvalue weighted by Crippen LogP contribution is 2.17. The smallest absolute Gasteiger partial charge is 0.339 e. The second-order valence-electron chi connectivity index (χ2n) is 4.60. The highest BCUT2D eigenvalue weighted by atomic mass is 16.5. The van der Waals surface area contributed by atoms with Gasteiger partial charge >= 0.3 is 5.97 Å². The van der Waals surface area contributed by atoms with Gasteiger partial charge in [0.25, 0.3) is 0 Å². The fourth-order valence-electron chi connectivity index (χ4n) is 1.72. The van der Waals surface area contributed by atoms with Gasteiger partial charge in [0.15, 0.2) is 0 Å². The number of rotatable bonds is 4. The average Bonchev–Trinajstić information content (AvgIpc) is 2.25. The molecule has 16 heavy (non-hydrogen) atoms. The summed E-state index contributed by atoms with van der Waals surface area (Å²) in [6, 6.07) is 3.45. The number of carbonyl (C=O) groups excluding carboxylic acids is 1. The molecular formula is C13H19NO2. The van der Waals surface area contributed by atoms with Crippen LogP contribution in [0.3, 0.4) is 0 Å². The second-order valence-corrected chi connectivity index (χ2v) is 4.60. The van der Waals surface area contributed by atoms with Gasteiger partial charge in [0.2, 0.25) is 0 Å². The Bertz CT molecular complexity index is 325. The predicted octanol–water partition coefficient (Wildman–Crippen LogP) is 2.92. The number of pyridine rings is 1. The fraction of sp³-hybridized carbons (Fsp3) is 0.538. The SMILES string of the molecule is CC(C)C(OC(=O)c1cccnc1)C(C)C. The third-order valence-corrected chi connectivity index (χ3v) is 2.45. The zero-order valence-electron chi connectivity index (χ0n) is 10.3. The van der Waals surface area contributed by atoms with Crippen LogP contribution in [0.1, 0.15) is 38.1 Å². The van der Waals surface area contributed by atoms with E-state index in [0.29, 0.717) is 17.4 Å². The minimum absolute atomic E-state index is 0.0484. The topological polar surface area (TPSA) is 39.2 Å². The lowest BCUT2D eigenvalue weighted by Crippen LogP contribution is -2.28. The molecule has 3 heteroatoms. The number of aromatic nitrogens is 1. The van der Waals surface area contributed by atoms with Crippen molar-refractivity contribution in [1.29, 1.82) is 0 Å². The van der Waals surface area contributed by atoms with Crippen molar-refractivity contribution in [2.45, 2.75) is 33.8 Å². The maximum Gasteiger partial charge on any atom is 0.339 e. The van der Waals surface area contributed by atoms with Crippen molar-refractivity contribution in [3.63, 3.8) is 0 Å². The first-order valence-electron chi connectivity index (χ1n) is 5.63. The van der Waals surface area contributed by atoms with E-state index in [4.69, 9.17) is 4.74 Å². The Kier molecular flexibility index (Phi) is 4.47. The Labute approximate surface area is 96.8 Å². The van der Waals surface area contributed by atoms with E-state index in [1.54, 1.807) is 18.3 Å². The second kappa shape index (κ2) is 5.64. The van der Waals surface area contributed by atoms with Gasteiger partial charge < -0.3 is 4.74 Å². The zero-order chi connectivity index (χ0) is 12.1. The van der Waals surface area contributed by atoms with E-state index in [0.717, 1.165) is 0 Å². The molecular weight excluding hydrogens is 202 g/mol. The summed E-state index contributed by atoms with van der Waals surface area (Å²) in [5.41, 5.74) is 0.508. The molecule has 0 saturated heterocycles. The maximum absolute atomic E-state index is 11.8. The predicted molar refractivity (Wildman–Crippen MR) is 63.1 cm³/mol. The van der Waals surface area contributed by atoms with E-state index in [2.05, 4.69) is 32.7 Å². The van der Waals surface area contributed by atoms with Gasteiger partial charge in [-0.3, -0.25) is 4.98 Å². The van der Waals surface area contributed by atoms with E-state index in [1.807, 2.05) is 0 Å². The lowest BCUT2D eigenvalue weighted by molar-refractivity contribution is 0.00320. The van der Waals surface area contributed by atoms with E-state index in [1.165, 1.54) is 6.20 Å². The van der Waals surface area contributed by atoms with Crippen LogP contribution in [0.25, 0.3) is 0 Å². The van der Waals surface area contributed by atoms with Crippen molar-refractivity contribution >= 4 is 5.97 Å². The summed E-state index contributed by atoms with van der Waals surface area (Å²) < 4.78 is 5.48. The summed E-state index contributed by atoms with van der Waals surface area (Å²) >= 11 is 0. The fourth-order valence-corrected chi connectivity index (χ4v) is 1.72. The van der Waals surface area contributed by atoms with Crippen LogP contribution >= 0.6 is 0 Å². The number of esters is 1. The van der Waals surface area contributed by atoms with Gasteiger partial charge in [-0.25, -0.2) is 4.79 Å². The van der Waals surface area contributed by atoms with Crippen LogP contribution in [-0.4, -0.2) is 17.1 Å². The van der Waals surface area contributed by atoms with Crippen molar-refractivity contribution in [1.82, 2.24) is 4.98 Å². The molecule has 1 aromatic rings. The number of carbonyl (C=O) groups is 1. The van der Waals surface area contributed by atoms with E-state index in [-0.39, 0.29) is 12.1 Å². The van der Waals surface area contributed by atoms with E-state index < -0.39 is 0 Å². The number of hydrogen-bond donors (Lipinski definition) is 0. The molecule has 0 atom stereocenters. The van der Waals surface area contributed by atoms with Crippen molar-refractivity contribution in [2.24, 2.45) is 11.8 Å². The summed E-state index contributed by atoms with van der Waals surface area (Å²) in [4.78, 5) is 15.7. The van der Waals surface area contributed by atoms with Gasteiger partial charge in [-0.2, -0.15) is 0 Å². The standard InChI is InChI=1S/C13H19NO2/c1-9(2)12(10(3)4)16-13(15)11-6-5-7-14-8-11/h5-10,12H,1-4H3. The van der Waals surface area contributed by atoms with Gasteiger partial charge in [0, 0.05) is 12.4 Å². The summed E-state index contributed by atoms with van der Waals surface area (Å²) in [6.45, 7) is 8.23. The van der Waals surface area contributed by atoms with Gasteiger partial charge in [-0.15, -0.1) is 0 Å². The van der Waals surface area contributed by atoms with Gasteiger partial charge in [-0.05, 0) is 24.0 Å². The molecule has 1 aromatic heterocycles. The maximum atomic E-state index is 11.8. The molecule has 0 unspecified atom stereocenters. The summed E-state index contributed by atoms with van der Waals surface area (Å²) in [7, 11) is 0. The van der Waals surface area contributed by atoms with Crippen LogP contribution in [0.5, 0.6) is 0 Å². The Morgan fingerprint density at radius 3 is 2.31 bits per heavy atom. The monoisotopic (exact) mass is 221 g/mol. The van der Waals surface area contributed by atoms with Crippen LogP contribution in [-0.2, 0) is 4.74 Å². The molecule has 3 nitrogen and oxygen atoms in total. The van der Waals surface area contributed by atoms with Crippen molar-refractivity contribution in [3.8, 4) is 0 Å². The summed E-state index contributed by atoms with van der Waals surface area (Å²) in [5.74, 6) is 0.349. The highest BCUT2D eigenvalue weighted by Gasteiger charge is 2.22. The van der Waals surface area contributed by atoms with Crippen LogP contribution in [0, 0.1) is 11.8 Å². The molecule has 0 bridgehead atoms. The first-order valence-corrected chi connectivity index (χ1v) is 5.63. The van der Waals surface area contributed by atoms with Gasteiger partial charge in [0.05, 0.1) is 5.56 Å². The van der Waals surface area contributed by atoms with Crippen LogP contribution in [0.4, 0.5) is 0 Å². The molecule has 0 fully saturated rings. The lowest BCUT2D eigenvalue weighted by atomic mass is 9.96. The summed E-state index contributed by atoms with van der Waals surface area (Å²) in [6.07, 6.45) is 3.12. The Morgan fingerprint density at radius 2 is 1.88 bits per heavy atom. The molecule has 1 rings (SSSR count). The first kappa shape index (κ1) is 12.7. The molecule has 0 aliphatic rings. The van der Waals surface area contributed by atoms with Crippen LogP contribution in [0.2, 0.25) is 0 Å². The van der Waals surface area contributed by atoms with Crippen molar-refractivity contribution < 1.29 is 9.53 Å². The van der Waals surface area contributed by atoms with Gasteiger partial charge in [-0.1, -0.05) is 27.7 Å². The molecule has 0 saturated carbocycles. The third-order valence-electron chi connectivity index (χ3n) is 2.45. The minimum atomic E-state index is -0.291.